The molecule has 1 heterocycles. The minimum Gasteiger partial charge on any atom is -0.422 e. The van der Waals surface area contributed by atoms with Crippen molar-refractivity contribution in [3.8, 4) is 17.4 Å². The summed E-state index contributed by atoms with van der Waals surface area (Å²) < 4.78 is 43.4. The maximum Gasteiger partial charge on any atom is 0.416 e. The van der Waals surface area contributed by atoms with E-state index >= 15 is 0 Å². The standard InChI is InChI=1S/C14H9F3N4O/c15-14(16,17)10-5-4-6-11(9-10)21-19-13(18-20-21)22-12-7-2-1-3-8-12/h1-9H. The highest BCUT2D eigenvalue weighted by atomic mass is 19.4. The number of rotatable bonds is 3. The van der Waals surface area contributed by atoms with Crippen LogP contribution in [-0.4, -0.2) is 20.2 Å². The second-order valence-corrected chi connectivity index (χ2v) is 4.32. The summed E-state index contributed by atoms with van der Waals surface area (Å²) >= 11 is 0. The van der Waals surface area contributed by atoms with Crippen LogP contribution in [-0.2, 0) is 6.18 Å². The van der Waals surface area contributed by atoms with Crippen LogP contribution in [0.2, 0.25) is 0 Å². The van der Waals surface area contributed by atoms with Gasteiger partial charge in [0.1, 0.15) is 5.75 Å². The molecule has 0 amide bonds. The van der Waals surface area contributed by atoms with Crippen LogP contribution in [0.5, 0.6) is 11.8 Å². The van der Waals surface area contributed by atoms with Crippen LogP contribution in [0.1, 0.15) is 5.56 Å². The van der Waals surface area contributed by atoms with Crippen LogP contribution in [0.3, 0.4) is 0 Å². The minimum absolute atomic E-state index is 0.0522. The van der Waals surface area contributed by atoms with Gasteiger partial charge in [-0.2, -0.15) is 13.2 Å². The maximum atomic E-state index is 12.7. The third kappa shape index (κ3) is 3.05. The van der Waals surface area contributed by atoms with Gasteiger partial charge in [0.05, 0.1) is 11.3 Å². The Kier molecular flexibility index (Phi) is 3.50. The average Bonchev–Trinajstić information content (AvgIpc) is 2.96. The molecule has 0 N–H and O–H groups in total. The molecule has 0 aliphatic rings. The van der Waals surface area contributed by atoms with Crippen molar-refractivity contribution in [1.82, 2.24) is 20.2 Å². The molecule has 0 spiro atoms. The molecule has 0 aliphatic heterocycles. The highest BCUT2D eigenvalue weighted by Crippen LogP contribution is 2.30. The number of benzene rings is 2. The summed E-state index contributed by atoms with van der Waals surface area (Å²) in [5.74, 6) is 0.506. The lowest BCUT2D eigenvalue weighted by atomic mass is 10.2. The fourth-order valence-electron chi connectivity index (χ4n) is 1.75. The van der Waals surface area contributed by atoms with E-state index in [9.17, 15) is 13.2 Å². The Balaban J connectivity index is 1.85. The van der Waals surface area contributed by atoms with Crippen molar-refractivity contribution in [3.63, 3.8) is 0 Å². The van der Waals surface area contributed by atoms with Gasteiger partial charge in [-0.15, -0.1) is 4.80 Å². The molecule has 0 atom stereocenters. The smallest absolute Gasteiger partial charge is 0.416 e. The van der Waals surface area contributed by atoms with Gasteiger partial charge in [0.25, 0.3) is 0 Å². The SMILES string of the molecule is FC(F)(F)c1cccc(-n2nnc(Oc3ccccc3)n2)c1. The monoisotopic (exact) mass is 306 g/mol. The summed E-state index contributed by atoms with van der Waals surface area (Å²) in [5, 5.41) is 11.3. The van der Waals surface area contributed by atoms with Gasteiger partial charge in [-0.3, -0.25) is 0 Å². The first-order valence-electron chi connectivity index (χ1n) is 6.23. The molecule has 0 bridgehead atoms. The van der Waals surface area contributed by atoms with Gasteiger partial charge in [-0.05, 0) is 35.5 Å². The molecule has 0 aliphatic carbocycles. The molecule has 3 aromatic rings. The molecule has 8 heteroatoms. The molecule has 3 rings (SSSR count). The van der Waals surface area contributed by atoms with Crippen LogP contribution in [0, 0.1) is 0 Å². The van der Waals surface area contributed by atoms with E-state index in [1.54, 1.807) is 24.3 Å². The van der Waals surface area contributed by atoms with E-state index < -0.39 is 11.7 Å². The lowest BCUT2D eigenvalue weighted by Crippen LogP contribution is -2.07. The highest BCUT2D eigenvalue weighted by molar-refractivity contribution is 5.35. The van der Waals surface area contributed by atoms with Crippen LogP contribution < -0.4 is 4.74 Å². The zero-order chi connectivity index (χ0) is 15.6. The summed E-state index contributed by atoms with van der Waals surface area (Å²) in [5.41, 5.74) is -0.641. The maximum absolute atomic E-state index is 12.7. The zero-order valence-electron chi connectivity index (χ0n) is 11.0. The van der Waals surface area contributed by atoms with E-state index in [0.717, 1.165) is 16.9 Å². The van der Waals surface area contributed by atoms with Gasteiger partial charge in [-0.1, -0.05) is 34.5 Å². The Hall–Kier alpha value is -2.90. The Labute approximate surface area is 123 Å². The van der Waals surface area contributed by atoms with Crippen molar-refractivity contribution < 1.29 is 17.9 Å². The molecule has 112 valence electrons. The fourth-order valence-corrected chi connectivity index (χ4v) is 1.75. The average molecular weight is 306 g/mol. The van der Waals surface area contributed by atoms with E-state index in [0.29, 0.717) is 5.75 Å². The van der Waals surface area contributed by atoms with Gasteiger partial charge < -0.3 is 4.74 Å². The number of para-hydroxylation sites is 1. The quantitative estimate of drug-likeness (QED) is 0.743. The van der Waals surface area contributed by atoms with E-state index in [1.807, 2.05) is 6.07 Å². The minimum atomic E-state index is -4.43. The number of nitrogens with zero attached hydrogens (tertiary/aromatic N) is 4. The second kappa shape index (κ2) is 5.47. The van der Waals surface area contributed by atoms with E-state index in [1.165, 1.54) is 12.1 Å². The molecule has 0 fully saturated rings. The van der Waals surface area contributed by atoms with Crippen molar-refractivity contribution in [2.75, 3.05) is 0 Å². The second-order valence-electron chi connectivity index (χ2n) is 4.32. The van der Waals surface area contributed by atoms with Gasteiger partial charge in [-0.25, -0.2) is 0 Å². The Morgan fingerprint density at radius 3 is 2.45 bits per heavy atom. The molecule has 0 saturated carbocycles. The molecule has 2 aromatic carbocycles. The molecule has 5 nitrogen and oxygen atoms in total. The van der Waals surface area contributed by atoms with Crippen molar-refractivity contribution in [1.29, 1.82) is 0 Å². The van der Waals surface area contributed by atoms with Crippen molar-refractivity contribution in [3.05, 3.63) is 60.2 Å². The van der Waals surface area contributed by atoms with Crippen LogP contribution in [0.4, 0.5) is 13.2 Å². The predicted molar refractivity (Wildman–Crippen MR) is 70.7 cm³/mol. The summed E-state index contributed by atoms with van der Waals surface area (Å²) in [7, 11) is 0. The number of tetrazole rings is 1. The summed E-state index contributed by atoms with van der Waals surface area (Å²) in [6.07, 6.45) is -4.43. The molecule has 0 radical (unpaired) electrons. The molecular formula is C14H9F3N4O. The topological polar surface area (TPSA) is 52.8 Å². The number of ether oxygens (including phenoxy) is 1. The van der Waals surface area contributed by atoms with Gasteiger partial charge in [0, 0.05) is 0 Å². The Morgan fingerprint density at radius 2 is 1.73 bits per heavy atom. The number of halogens is 3. The van der Waals surface area contributed by atoms with Crippen molar-refractivity contribution >= 4 is 0 Å². The third-order valence-electron chi connectivity index (χ3n) is 2.75. The van der Waals surface area contributed by atoms with E-state index in [4.69, 9.17) is 4.74 Å². The van der Waals surface area contributed by atoms with Crippen LogP contribution >= 0.6 is 0 Å². The molecule has 0 unspecified atom stereocenters. The first-order valence-corrected chi connectivity index (χ1v) is 6.23. The number of hydrogen-bond donors (Lipinski definition) is 0. The highest BCUT2D eigenvalue weighted by Gasteiger charge is 2.30. The number of alkyl halides is 3. The molecule has 22 heavy (non-hydrogen) atoms. The Bertz CT molecular complexity index is 771. The first-order chi connectivity index (χ1) is 10.5. The van der Waals surface area contributed by atoms with E-state index in [-0.39, 0.29) is 11.7 Å². The zero-order valence-corrected chi connectivity index (χ0v) is 11.0. The molecule has 1 aromatic heterocycles. The van der Waals surface area contributed by atoms with Gasteiger partial charge >= 0.3 is 12.2 Å². The fraction of sp³-hybridized carbons (Fsp3) is 0.0714. The van der Waals surface area contributed by atoms with Crippen LogP contribution in [0.25, 0.3) is 5.69 Å². The van der Waals surface area contributed by atoms with Crippen molar-refractivity contribution in [2.45, 2.75) is 6.18 Å². The number of aromatic nitrogens is 4. The third-order valence-corrected chi connectivity index (χ3v) is 2.75. The molecule has 0 saturated heterocycles. The first kappa shape index (κ1) is 14.1. The van der Waals surface area contributed by atoms with Crippen LogP contribution in [0.15, 0.2) is 54.6 Å². The lowest BCUT2D eigenvalue weighted by molar-refractivity contribution is -0.137. The van der Waals surface area contributed by atoms with Gasteiger partial charge in [0.15, 0.2) is 0 Å². The number of hydrogen-bond acceptors (Lipinski definition) is 4. The normalized spacial score (nSPS) is 11.4. The lowest BCUT2D eigenvalue weighted by Gasteiger charge is -2.07. The Morgan fingerprint density at radius 1 is 0.955 bits per heavy atom. The van der Waals surface area contributed by atoms with E-state index in [2.05, 4.69) is 15.4 Å². The largest absolute Gasteiger partial charge is 0.422 e. The van der Waals surface area contributed by atoms with Crippen molar-refractivity contribution in [2.24, 2.45) is 0 Å². The summed E-state index contributed by atoms with van der Waals surface area (Å²) in [6.45, 7) is 0. The summed E-state index contributed by atoms with van der Waals surface area (Å²) in [4.78, 5) is 0.980. The summed E-state index contributed by atoms with van der Waals surface area (Å²) in [6, 6.07) is 13.3. The predicted octanol–water partition coefficient (Wildman–Crippen LogP) is 3.47. The van der Waals surface area contributed by atoms with Gasteiger partial charge in [0.2, 0.25) is 0 Å². The molecular weight excluding hydrogens is 297 g/mol.